The Bertz CT molecular complexity index is 59.7. The van der Waals surface area contributed by atoms with E-state index < -0.39 is 0 Å². The van der Waals surface area contributed by atoms with Crippen LogP contribution in [-0.2, 0) is 0 Å². The van der Waals surface area contributed by atoms with Gasteiger partial charge < -0.3 is 0 Å². The van der Waals surface area contributed by atoms with Crippen molar-refractivity contribution in [2.45, 2.75) is 33.1 Å². The van der Waals surface area contributed by atoms with Crippen molar-refractivity contribution in [2.75, 3.05) is 0 Å². The molecule has 47 valence electrons. The molecule has 0 aliphatic heterocycles. The van der Waals surface area contributed by atoms with Gasteiger partial charge in [-0.05, 0) is 18.3 Å². The monoisotopic (exact) mass is 111 g/mol. The van der Waals surface area contributed by atoms with Crippen molar-refractivity contribution in [3.63, 3.8) is 0 Å². The van der Waals surface area contributed by atoms with E-state index in [9.17, 15) is 0 Å². The molecule has 8 heavy (non-hydrogen) atoms. The fourth-order valence-corrected chi connectivity index (χ4v) is 1.24. The predicted octanol–water partition coefficient (Wildman–Crippen LogP) is 2.65. The zero-order valence-electron chi connectivity index (χ0n) is 5.85. The highest BCUT2D eigenvalue weighted by molar-refractivity contribution is 4.80. The summed E-state index contributed by atoms with van der Waals surface area (Å²) in [6, 6.07) is 0. The van der Waals surface area contributed by atoms with Gasteiger partial charge in [0.25, 0.3) is 0 Å². The van der Waals surface area contributed by atoms with Crippen molar-refractivity contribution in [3.05, 3.63) is 6.42 Å². The van der Waals surface area contributed by atoms with Crippen LogP contribution in [0.25, 0.3) is 0 Å². The van der Waals surface area contributed by atoms with Crippen LogP contribution < -0.4 is 0 Å². The van der Waals surface area contributed by atoms with E-state index in [0.717, 1.165) is 11.8 Å². The van der Waals surface area contributed by atoms with Crippen molar-refractivity contribution < 1.29 is 0 Å². The van der Waals surface area contributed by atoms with Crippen LogP contribution in [0.1, 0.15) is 33.1 Å². The molecule has 0 bridgehead atoms. The molecule has 1 rings (SSSR count). The second kappa shape index (κ2) is 2.52. The fourth-order valence-electron chi connectivity index (χ4n) is 1.24. The Morgan fingerprint density at radius 3 is 2.25 bits per heavy atom. The van der Waals surface area contributed by atoms with Crippen LogP contribution in [0.15, 0.2) is 0 Å². The lowest BCUT2D eigenvalue weighted by molar-refractivity contribution is 0.244. The standard InChI is InChI=1S/C8H15/c1-3-7(2)8-5-4-6-8/h3,7-8H,4-6H2,1-2H3. The third-order valence-electron chi connectivity index (χ3n) is 2.42. The van der Waals surface area contributed by atoms with Crippen molar-refractivity contribution in [3.8, 4) is 0 Å². The minimum Gasteiger partial charge on any atom is -0.0620 e. The number of rotatable bonds is 2. The molecule has 1 aliphatic rings. The summed E-state index contributed by atoms with van der Waals surface area (Å²) in [5.74, 6) is 1.92. The molecule has 1 fully saturated rings. The predicted molar refractivity (Wildman–Crippen MR) is 36.5 cm³/mol. The maximum absolute atomic E-state index is 2.32. The Morgan fingerprint density at radius 2 is 2.12 bits per heavy atom. The van der Waals surface area contributed by atoms with E-state index in [2.05, 4.69) is 20.3 Å². The zero-order chi connectivity index (χ0) is 5.98. The van der Waals surface area contributed by atoms with Crippen LogP contribution in [0, 0.1) is 18.3 Å². The molecule has 0 aromatic heterocycles. The van der Waals surface area contributed by atoms with Crippen LogP contribution in [-0.4, -0.2) is 0 Å². The molecule has 0 aromatic rings. The van der Waals surface area contributed by atoms with E-state index in [-0.39, 0.29) is 0 Å². The van der Waals surface area contributed by atoms with Gasteiger partial charge in [-0.15, -0.1) is 0 Å². The molecule has 1 aliphatic carbocycles. The van der Waals surface area contributed by atoms with E-state index >= 15 is 0 Å². The average Bonchev–Trinajstić information content (AvgIpc) is 1.62. The van der Waals surface area contributed by atoms with E-state index in [1.54, 1.807) is 0 Å². The van der Waals surface area contributed by atoms with Crippen LogP contribution in [0.5, 0.6) is 0 Å². The summed E-state index contributed by atoms with van der Waals surface area (Å²) < 4.78 is 0. The average molecular weight is 111 g/mol. The van der Waals surface area contributed by atoms with E-state index in [1.807, 2.05) is 0 Å². The van der Waals surface area contributed by atoms with Crippen molar-refractivity contribution in [1.82, 2.24) is 0 Å². The Kier molecular flexibility index (Phi) is 1.93. The Morgan fingerprint density at radius 1 is 1.50 bits per heavy atom. The molecule has 1 saturated carbocycles. The summed E-state index contributed by atoms with van der Waals surface area (Å²) in [7, 11) is 0. The van der Waals surface area contributed by atoms with Crippen molar-refractivity contribution >= 4 is 0 Å². The molecule has 0 nitrogen and oxygen atoms in total. The third-order valence-corrected chi connectivity index (χ3v) is 2.42. The molecule has 0 aromatic carbocycles. The minimum absolute atomic E-state index is 0.878. The smallest absolute Gasteiger partial charge is 0.0386 e. The summed E-state index contributed by atoms with van der Waals surface area (Å²) in [4.78, 5) is 0. The highest BCUT2D eigenvalue weighted by atomic mass is 14.3. The van der Waals surface area contributed by atoms with Gasteiger partial charge in [0.15, 0.2) is 0 Å². The maximum Gasteiger partial charge on any atom is -0.0386 e. The first-order valence-electron chi connectivity index (χ1n) is 3.64. The van der Waals surface area contributed by atoms with E-state index in [0.29, 0.717) is 0 Å². The van der Waals surface area contributed by atoms with E-state index in [1.165, 1.54) is 19.3 Å². The molecule has 0 spiro atoms. The molecule has 1 unspecified atom stereocenters. The minimum atomic E-state index is 0.878. The lowest BCUT2D eigenvalue weighted by Gasteiger charge is -2.30. The molecular formula is C8H15. The molecule has 0 amide bonds. The maximum atomic E-state index is 2.32. The second-order valence-electron chi connectivity index (χ2n) is 2.88. The molecule has 1 atom stereocenters. The van der Waals surface area contributed by atoms with Gasteiger partial charge in [0.2, 0.25) is 0 Å². The molecule has 0 saturated heterocycles. The van der Waals surface area contributed by atoms with Crippen LogP contribution in [0.2, 0.25) is 0 Å². The summed E-state index contributed by atoms with van der Waals surface area (Å²) in [6.07, 6.45) is 6.75. The Hall–Kier alpha value is 0. The van der Waals surface area contributed by atoms with Gasteiger partial charge in [0, 0.05) is 0 Å². The van der Waals surface area contributed by atoms with Gasteiger partial charge in [0.1, 0.15) is 0 Å². The highest BCUT2D eigenvalue weighted by Crippen LogP contribution is 2.33. The zero-order valence-corrected chi connectivity index (χ0v) is 5.85. The summed E-state index contributed by atoms with van der Waals surface area (Å²) in [5, 5.41) is 0. The molecule has 1 radical (unpaired) electrons. The summed E-state index contributed by atoms with van der Waals surface area (Å²) in [6.45, 7) is 4.49. The van der Waals surface area contributed by atoms with Gasteiger partial charge in [0.05, 0.1) is 0 Å². The number of hydrogen-bond donors (Lipinski definition) is 0. The first-order valence-corrected chi connectivity index (χ1v) is 3.64. The molecule has 0 N–H and O–H groups in total. The largest absolute Gasteiger partial charge is 0.0620 e. The molecule has 0 heterocycles. The van der Waals surface area contributed by atoms with Crippen LogP contribution >= 0.6 is 0 Å². The van der Waals surface area contributed by atoms with Gasteiger partial charge in [-0.1, -0.05) is 33.1 Å². The van der Waals surface area contributed by atoms with E-state index in [4.69, 9.17) is 0 Å². The number of hydrogen-bond acceptors (Lipinski definition) is 0. The normalized spacial score (nSPS) is 24.8. The quantitative estimate of drug-likeness (QED) is 0.514. The summed E-state index contributed by atoms with van der Waals surface area (Å²) in [5.41, 5.74) is 0. The fraction of sp³-hybridized carbons (Fsp3) is 0.875. The van der Waals surface area contributed by atoms with Crippen LogP contribution in [0.4, 0.5) is 0 Å². The Balaban J connectivity index is 2.13. The SMILES string of the molecule is C[CH]C(C)C1CCC1. The summed E-state index contributed by atoms with van der Waals surface area (Å²) >= 11 is 0. The first kappa shape index (κ1) is 6.12. The van der Waals surface area contributed by atoms with Gasteiger partial charge >= 0.3 is 0 Å². The lowest BCUT2D eigenvalue weighted by Crippen LogP contribution is -2.18. The lowest BCUT2D eigenvalue weighted by atomic mass is 9.76. The van der Waals surface area contributed by atoms with Gasteiger partial charge in [-0.2, -0.15) is 0 Å². The third kappa shape index (κ3) is 1.04. The van der Waals surface area contributed by atoms with Gasteiger partial charge in [-0.3, -0.25) is 0 Å². The highest BCUT2D eigenvalue weighted by Gasteiger charge is 2.21. The topological polar surface area (TPSA) is 0 Å². The molecule has 0 heteroatoms. The molecular weight excluding hydrogens is 96.1 g/mol. The van der Waals surface area contributed by atoms with Crippen molar-refractivity contribution in [2.24, 2.45) is 11.8 Å². The Labute approximate surface area is 52.3 Å². The second-order valence-corrected chi connectivity index (χ2v) is 2.88. The first-order chi connectivity index (χ1) is 3.84. The van der Waals surface area contributed by atoms with Crippen molar-refractivity contribution in [1.29, 1.82) is 0 Å². The van der Waals surface area contributed by atoms with Crippen LogP contribution in [0.3, 0.4) is 0 Å². The van der Waals surface area contributed by atoms with Gasteiger partial charge in [-0.25, -0.2) is 0 Å².